The first kappa shape index (κ1) is 12.7. The number of pyridine rings is 1. The predicted octanol–water partition coefficient (Wildman–Crippen LogP) is 3.47. The van der Waals surface area contributed by atoms with E-state index < -0.39 is 11.8 Å². The summed E-state index contributed by atoms with van der Waals surface area (Å²) in [7, 11) is 0. The number of nitrogens with one attached hydrogen (secondary N) is 2. The van der Waals surface area contributed by atoms with Crippen molar-refractivity contribution in [3.63, 3.8) is 0 Å². The van der Waals surface area contributed by atoms with Crippen LogP contribution in [0.25, 0.3) is 0 Å². The van der Waals surface area contributed by atoms with E-state index in [1.54, 1.807) is 30.5 Å². The van der Waals surface area contributed by atoms with Gasteiger partial charge in [-0.25, -0.2) is 14.2 Å². The molecule has 2 aromatic rings. The quantitative estimate of drug-likeness (QED) is 0.809. The molecule has 0 aliphatic carbocycles. The van der Waals surface area contributed by atoms with E-state index >= 15 is 0 Å². The Morgan fingerprint density at radius 2 is 2.06 bits per heavy atom. The lowest BCUT2D eigenvalue weighted by Gasteiger charge is -2.07. The molecule has 0 bridgehead atoms. The Labute approximate surface area is 117 Å². The van der Waals surface area contributed by atoms with Crippen LogP contribution in [-0.2, 0) is 0 Å². The van der Waals surface area contributed by atoms with E-state index in [0.717, 1.165) is 3.57 Å². The lowest BCUT2D eigenvalue weighted by Crippen LogP contribution is -2.20. The Hall–Kier alpha value is -1.70. The molecule has 2 rings (SSSR count). The third-order valence-corrected chi connectivity index (χ3v) is 2.76. The van der Waals surface area contributed by atoms with Crippen molar-refractivity contribution >= 4 is 40.1 Å². The maximum absolute atomic E-state index is 13.5. The lowest BCUT2D eigenvalue weighted by atomic mass is 10.3. The third-order valence-electron chi connectivity index (χ3n) is 2.09. The van der Waals surface area contributed by atoms with Crippen LogP contribution < -0.4 is 10.6 Å². The first-order valence-corrected chi connectivity index (χ1v) is 6.17. The molecular formula is C12H9FIN3O. The summed E-state index contributed by atoms with van der Waals surface area (Å²) in [5, 5.41) is 4.92. The number of amides is 2. The average Bonchev–Trinajstić information content (AvgIpc) is 2.34. The summed E-state index contributed by atoms with van der Waals surface area (Å²) < 4.78 is 14.3. The van der Waals surface area contributed by atoms with Crippen LogP contribution >= 0.6 is 22.6 Å². The smallest absolute Gasteiger partial charge is 0.305 e. The Balaban J connectivity index is 2.03. The molecular weight excluding hydrogens is 348 g/mol. The van der Waals surface area contributed by atoms with E-state index in [9.17, 15) is 9.18 Å². The first-order chi connectivity index (χ1) is 8.65. The molecule has 2 amide bonds. The number of rotatable bonds is 2. The van der Waals surface area contributed by atoms with Gasteiger partial charge in [0.05, 0.1) is 5.69 Å². The first-order valence-electron chi connectivity index (χ1n) is 5.09. The maximum atomic E-state index is 13.5. The monoisotopic (exact) mass is 357 g/mol. The number of benzene rings is 1. The minimum atomic E-state index is -0.534. The van der Waals surface area contributed by atoms with Crippen molar-refractivity contribution in [1.29, 1.82) is 0 Å². The summed E-state index contributed by atoms with van der Waals surface area (Å²) in [4.78, 5) is 15.5. The predicted molar refractivity (Wildman–Crippen MR) is 76.0 cm³/mol. The van der Waals surface area contributed by atoms with E-state index in [0.29, 0.717) is 5.82 Å². The van der Waals surface area contributed by atoms with E-state index in [-0.39, 0.29) is 5.69 Å². The van der Waals surface area contributed by atoms with E-state index in [1.807, 2.05) is 22.6 Å². The van der Waals surface area contributed by atoms with Gasteiger partial charge in [-0.15, -0.1) is 0 Å². The molecule has 1 aromatic carbocycles. The summed E-state index contributed by atoms with van der Waals surface area (Å²) in [6, 6.07) is 9.15. The van der Waals surface area contributed by atoms with Crippen LogP contribution in [-0.4, -0.2) is 11.0 Å². The van der Waals surface area contributed by atoms with E-state index in [4.69, 9.17) is 0 Å². The molecule has 1 aromatic heterocycles. The van der Waals surface area contributed by atoms with E-state index in [2.05, 4.69) is 15.6 Å². The molecule has 2 N–H and O–H groups in total. The number of aromatic nitrogens is 1. The summed E-state index contributed by atoms with van der Waals surface area (Å²) in [5.41, 5.74) is 0.129. The number of hydrogen-bond acceptors (Lipinski definition) is 2. The number of urea groups is 1. The molecule has 0 fully saturated rings. The van der Waals surface area contributed by atoms with Crippen LogP contribution in [0.2, 0.25) is 0 Å². The molecule has 0 atom stereocenters. The normalized spacial score (nSPS) is 9.89. The summed E-state index contributed by atoms with van der Waals surface area (Å²) in [5.74, 6) is -0.0704. The van der Waals surface area contributed by atoms with Crippen LogP contribution in [0.3, 0.4) is 0 Å². The van der Waals surface area contributed by atoms with Crippen LogP contribution in [0.4, 0.5) is 20.7 Å². The Morgan fingerprint density at radius 3 is 2.72 bits per heavy atom. The van der Waals surface area contributed by atoms with Gasteiger partial charge < -0.3 is 5.32 Å². The molecule has 0 aliphatic heterocycles. The number of carbonyl (C=O) groups excluding carboxylic acids is 1. The van der Waals surface area contributed by atoms with Gasteiger partial charge in [0.1, 0.15) is 11.6 Å². The molecule has 4 nitrogen and oxygen atoms in total. The highest BCUT2D eigenvalue weighted by atomic mass is 127. The largest absolute Gasteiger partial charge is 0.324 e. The standard InChI is InChI=1S/C12H9FIN3O/c13-9-7-8(14)4-5-10(9)16-12(18)17-11-3-1-2-6-15-11/h1-7H,(H2,15,16,17,18). The molecule has 0 radical (unpaired) electrons. The van der Waals surface area contributed by atoms with Crippen molar-refractivity contribution in [1.82, 2.24) is 4.98 Å². The fourth-order valence-electron chi connectivity index (χ4n) is 1.30. The SMILES string of the molecule is O=C(Nc1ccccn1)Nc1ccc(I)cc1F. The molecule has 0 aliphatic rings. The second-order valence-corrected chi connectivity index (χ2v) is 4.66. The van der Waals surface area contributed by atoms with Crippen LogP contribution in [0.5, 0.6) is 0 Å². The fraction of sp³-hybridized carbons (Fsp3) is 0. The topological polar surface area (TPSA) is 54.0 Å². The molecule has 0 spiro atoms. The summed E-state index contributed by atoms with van der Waals surface area (Å²) in [6.07, 6.45) is 1.56. The molecule has 92 valence electrons. The van der Waals surface area contributed by atoms with Gasteiger partial charge in [-0.1, -0.05) is 6.07 Å². The van der Waals surface area contributed by atoms with Gasteiger partial charge in [-0.2, -0.15) is 0 Å². The number of hydrogen-bond donors (Lipinski definition) is 2. The van der Waals surface area contributed by atoms with Crippen LogP contribution in [0.15, 0.2) is 42.6 Å². The minimum absolute atomic E-state index is 0.129. The Bertz CT molecular complexity index is 563. The average molecular weight is 357 g/mol. The minimum Gasteiger partial charge on any atom is -0.305 e. The van der Waals surface area contributed by atoms with Crippen LogP contribution in [0.1, 0.15) is 0 Å². The Morgan fingerprint density at radius 1 is 1.22 bits per heavy atom. The number of nitrogens with zero attached hydrogens (tertiary/aromatic N) is 1. The molecule has 1 heterocycles. The summed E-state index contributed by atoms with van der Waals surface area (Å²) >= 11 is 2.00. The van der Waals surface area contributed by atoms with Crippen molar-refractivity contribution in [2.45, 2.75) is 0 Å². The van der Waals surface area contributed by atoms with Gasteiger partial charge in [-0.05, 0) is 52.9 Å². The van der Waals surface area contributed by atoms with Crippen LogP contribution in [0, 0.1) is 9.39 Å². The molecule has 18 heavy (non-hydrogen) atoms. The zero-order valence-electron chi connectivity index (χ0n) is 9.15. The number of carbonyl (C=O) groups is 1. The van der Waals surface area contributed by atoms with Gasteiger partial charge in [0.15, 0.2) is 0 Å². The van der Waals surface area contributed by atoms with Crippen molar-refractivity contribution in [2.75, 3.05) is 10.6 Å². The Kier molecular flexibility index (Phi) is 4.08. The maximum Gasteiger partial charge on any atom is 0.324 e. The third kappa shape index (κ3) is 3.39. The number of halogens is 2. The van der Waals surface area contributed by atoms with Crippen molar-refractivity contribution < 1.29 is 9.18 Å². The molecule has 0 saturated carbocycles. The van der Waals surface area contributed by atoms with Gasteiger partial charge in [0.2, 0.25) is 0 Å². The van der Waals surface area contributed by atoms with Crippen molar-refractivity contribution in [3.05, 3.63) is 52.0 Å². The zero-order chi connectivity index (χ0) is 13.0. The van der Waals surface area contributed by atoms with Crippen molar-refractivity contribution in [3.8, 4) is 0 Å². The molecule has 0 unspecified atom stereocenters. The highest BCUT2D eigenvalue weighted by Crippen LogP contribution is 2.17. The highest BCUT2D eigenvalue weighted by molar-refractivity contribution is 14.1. The van der Waals surface area contributed by atoms with Gasteiger partial charge >= 0.3 is 6.03 Å². The van der Waals surface area contributed by atoms with Crippen molar-refractivity contribution in [2.24, 2.45) is 0 Å². The second-order valence-electron chi connectivity index (χ2n) is 3.42. The lowest BCUT2D eigenvalue weighted by molar-refractivity contribution is 0.262. The van der Waals surface area contributed by atoms with E-state index in [1.165, 1.54) is 12.1 Å². The molecule has 6 heteroatoms. The fourth-order valence-corrected chi connectivity index (χ4v) is 1.75. The molecule has 0 saturated heterocycles. The van der Waals surface area contributed by atoms with Gasteiger partial charge in [0.25, 0.3) is 0 Å². The van der Waals surface area contributed by atoms with Gasteiger partial charge in [-0.3, -0.25) is 5.32 Å². The summed E-state index contributed by atoms with van der Waals surface area (Å²) in [6.45, 7) is 0. The highest BCUT2D eigenvalue weighted by Gasteiger charge is 2.07. The zero-order valence-corrected chi connectivity index (χ0v) is 11.3. The van der Waals surface area contributed by atoms with Gasteiger partial charge in [0, 0.05) is 9.77 Å². The second kappa shape index (κ2) is 5.76. The number of anilines is 2.